The van der Waals surface area contributed by atoms with Crippen LogP contribution < -0.4 is 0 Å². The van der Waals surface area contributed by atoms with E-state index in [0.717, 1.165) is 74.6 Å². The standard InChI is InChI=1S/C20H23F3N2OS/c21-20(22,23)15-6-4-14(5-7-15)18-24-16(12-27-18)11-25-10-2-9-19(13-25)8-1-3-17(19)26/h4-7,12,17,26H,1-3,8-11,13H2/t17-,19-/m1/s1. The Bertz CT molecular complexity index is 789. The first-order valence-electron chi connectivity index (χ1n) is 9.38. The number of rotatable bonds is 3. The van der Waals surface area contributed by atoms with Gasteiger partial charge in [-0.3, -0.25) is 4.90 Å². The summed E-state index contributed by atoms with van der Waals surface area (Å²) in [5.74, 6) is 0. The Hall–Kier alpha value is -1.44. The van der Waals surface area contributed by atoms with Crippen LogP contribution in [0.4, 0.5) is 13.2 Å². The van der Waals surface area contributed by atoms with Gasteiger partial charge in [0.1, 0.15) is 5.01 Å². The third-order valence-electron chi connectivity index (χ3n) is 5.94. The van der Waals surface area contributed by atoms with Crippen molar-refractivity contribution < 1.29 is 18.3 Å². The summed E-state index contributed by atoms with van der Waals surface area (Å²) >= 11 is 1.46. The van der Waals surface area contributed by atoms with Crippen molar-refractivity contribution in [2.75, 3.05) is 13.1 Å². The van der Waals surface area contributed by atoms with Crippen LogP contribution in [0.1, 0.15) is 43.4 Å². The zero-order chi connectivity index (χ0) is 19.1. The van der Waals surface area contributed by atoms with Crippen molar-refractivity contribution in [2.24, 2.45) is 5.41 Å². The van der Waals surface area contributed by atoms with Crippen LogP contribution in [-0.4, -0.2) is 34.2 Å². The van der Waals surface area contributed by atoms with Gasteiger partial charge in [-0.05, 0) is 44.4 Å². The van der Waals surface area contributed by atoms with Gasteiger partial charge in [0.15, 0.2) is 0 Å². The molecule has 4 rings (SSSR count). The maximum Gasteiger partial charge on any atom is 0.416 e. The molecule has 2 heterocycles. The maximum atomic E-state index is 12.7. The van der Waals surface area contributed by atoms with E-state index < -0.39 is 11.7 Å². The van der Waals surface area contributed by atoms with Crippen molar-refractivity contribution in [1.82, 2.24) is 9.88 Å². The fourth-order valence-corrected chi connectivity index (χ4v) is 5.35. The molecule has 1 saturated carbocycles. The molecule has 146 valence electrons. The highest BCUT2D eigenvalue weighted by Crippen LogP contribution is 2.45. The largest absolute Gasteiger partial charge is 0.416 e. The third-order valence-corrected chi connectivity index (χ3v) is 6.88. The van der Waals surface area contributed by atoms with Crippen LogP contribution in [0.3, 0.4) is 0 Å². The molecule has 3 nitrogen and oxygen atoms in total. The molecule has 2 atom stereocenters. The van der Waals surface area contributed by atoms with Crippen molar-refractivity contribution in [3.8, 4) is 10.6 Å². The third kappa shape index (κ3) is 3.91. The second-order valence-electron chi connectivity index (χ2n) is 7.80. The number of nitrogens with zero attached hydrogens (tertiary/aromatic N) is 2. The highest BCUT2D eigenvalue weighted by atomic mass is 32.1. The summed E-state index contributed by atoms with van der Waals surface area (Å²) in [4.78, 5) is 7.00. The molecule has 0 unspecified atom stereocenters. The summed E-state index contributed by atoms with van der Waals surface area (Å²) in [6.45, 7) is 2.63. The lowest BCUT2D eigenvalue weighted by molar-refractivity contribution is -0.137. The van der Waals surface area contributed by atoms with Crippen molar-refractivity contribution in [2.45, 2.75) is 50.9 Å². The Balaban J connectivity index is 1.44. The lowest BCUT2D eigenvalue weighted by atomic mass is 9.76. The van der Waals surface area contributed by atoms with Crippen LogP contribution in [0.2, 0.25) is 0 Å². The molecule has 1 aliphatic heterocycles. The van der Waals surface area contributed by atoms with Crippen LogP contribution in [0, 0.1) is 5.41 Å². The zero-order valence-corrected chi connectivity index (χ0v) is 15.8. The fourth-order valence-electron chi connectivity index (χ4n) is 4.53. The molecule has 0 radical (unpaired) electrons. The van der Waals surface area contributed by atoms with Gasteiger partial charge in [-0.15, -0.1) is 11.3 Å². The summed E-state index contributed by atoms with van der Waals surface area (Å²) in [5, 5.41) is 13.1. The molecular weight excluding hydrogens is 373 g/mol. The highest BCUT2D eigenvalue weighted by Gasteiger charge is 2.44. The highest BCUT2D eigenvalue weighted by molar-refractivity contribution is 7.13. The summed E-state index contributed by atoms with van der Waals surface area (Å²) in [7, 11) is 0. The first kappa shape index (κ1) is 18.9. The monoisotopic (exact) mass is 396 g/mol. The topological polar surface area (TPSA) is 36.4 Å². The zero-order valence-electron chi connectivity index (χ0n) is 15.0. The van der Waals surface area contributed by atoms with Crippen molar-refractivity contribution in [1.29, 1.82) is 0 Å². The van der Waals surface area contributed by atoms with Crippen molar-refractivity contribution >= 4 is 11.3 Å². The number of aliphatic hydroxyl groups excluding tert-OH is 1. The number of aliphatic hydroxyl groups is 1. The van der Waals surface area contributed by atoms with Gasteiger partial charge in [-0.2, -0.15) is 13.2 Å². The average Bonchev–Trinajstić information content (AvgIpc) is 3.22. The second kappa shape index (κ2) is 7.18. The minimum absolute atomic E-state index is 0.0462. The molecule has 0 bridgehead atoms. The van der Waals surface area contributed by atoms with Crippen LogP contribution in [0.5, 0.6) is 0 Å². The summed E-state index contributed by atoms with van der Waals surface area (Å²) in [5.41, 5.74) is 1.06. The minimum Gasteiger partial charge on any atom is -0.393 e. The van der Waals surface area contributed by atoms with E-state index in [2.05, 4.69) is 9.88 Å². The van der Waals surface area contributed by atoms with Crippen LogP contribution in [0.25, 0.3) is 10.6 Å². The lowest BCUT2D eigenvalue weighted by Crippen LogP contribution is -2.46. The molecule has 1 aromatic carbocycles. The smallest absolute Gasteiger partial charge is 0.393 e. The number of halogens is 3. The predicted octanol–water partition coefficient (Wildman–Crippen LogP) is 4.96. The van der Waals surface area contributed by atoms with E-state index in [9.17, 15) is 18.3 Å². The average molecular weight is 396 g/mol. The van der Waals surface area contributed by atoms with Crippen LogP contribution in [-0.2, 0) is 12.7 Å². The number of hydrogen-bond donors (Lipinski definition) is 1. The molecule has 2 aromatic rings. The van der Waals surface area contributed by atoms with E-state index in [1.54, 1.807) is 0 Å². The second-order valence-corrected chi connectivity index (χ2v) is 8.66. The van der Waals surface area contributed by atoms with Gasteiger partial charge >= 0.3 is 6.18 Å². The molecule has 1 N–H and O–H groups in total. The van der Waals surface area contributed by atoms with Crippen LogP contribution >= 0.6 is 11.3 Å². The molecule has 1 aliphatic carbocycles. The molecular formula is C20H23F3N2OS. The fraction of sp³-hybridized carbons (Fsp3) is 0.550. The van der Waals surface area contributed by atoms with Gasteiger partial charge in [-0.25, -0.2) is 4.98 Å². The van der Waals surface area contributed by atoms with E-state index in [1.165, 1.54) is 23.5 Å². The van der Waals surface area contributed by atoms with E-state index in [-0.39, 0.29) is 11.5 Å². The van der Waals surface area contributed by atoms with E-state index in [0.29, 0.717) is 5.56 Å². The lowest BCUT2D eigenvalue weighted by Gasteiger charge is -2.42. The number of likely N-dealkylation sites (tertiary alicyclic amines) is 1. The molecule has 27 heavy (non-hydrogen) atoms. The normalized spacial score (nSPS) is 26.7. The molecule has 1 spiro atoms. The number of hydrogen-bond acceptors (Lipinski definition) is 4. The Kier molecular flexibility index (Phi) is 5.03. The summed E-state index contributed by atoms with van der Waals surface area (Å²) in [6, 6.07) is 5.17. The Morgan fingerprint density at radius 2 is 1.93 bits per heavy atom. The Labute approximate surface area is 160 Å². The number of benzene rings is 1. The molecule has 2 fully saturated rings. The van der Waals surface area contributed by atoms with Gasteiger partial charge in [0, 0.05) is 29.4 Å². The number of alkyl halides is 3. The van der Waals surface area contributed by atoms with Gasteiger partial charge in [-0.1, -0.05) is 18.6 Å². The van der Waals surface area contributed by atoms with Crippen molar-refractivity contribution in [3.05, 3.63) is 40.9 Å². The van der Waals surface area contributed by atoms with Gasteiger partial charge < -0.3 is 5.11 Å². The predicted molar refractivity (Wildman–Crippen MR) is 99.4 cm³/mol. The Morgan fingerprint density at radius 1 is 1.19 bits per heavy atom. The van der Waals surface area contributed by atoms with E-state index >= 15 is 0 Å². The summed E-state index contributed by atoms with van der Waals surface area (Å²) < 4.78 is 38.1. The number of aromatic nitrogens is 1. The minimum atomic E-state index is -4.32. The number of piperidine rings is 1. The quantitative estimate of drug-likeness (QED) is 0.797. The van der Waals surface area contributed by atoms with Gasteiger partial charge in [0.25, 0.3) is 0 Å². The number of thiazole rings is 1. The maximum absolute atomic E-state index is 12.7. The molecule has 0 amide bonds. The summed E-state index contributed by atoms with van der Waals surface area (Å²) in [6.07, 6.45) is 0.774. The first-order chi connectivity index (χ1) is 12.9. The van der Waals surface area contributed by atoms with E-state index in [4.69, 9.17) is 0 Å². The molecule has 2 aliphatic rings. The molecule has 1 saturated heterocycles. The Morgan fingerprint density at radius 3 is 2.59 bits per heavy atom. The van der Waals surface area contributed by atoms with Crippen molar-refractivity contribution in [3.63, 3.8) is 0 Å². The molecule has 7 heteroatoms. The first-order valence-corrected chi connectivity index (χ1v) is 10.3. The van der Waals surface area contributed by atoms with Gasteiger partial charge in [0.2, 0.25) is 0 Å². The molecule has 1 aromatic heterocycles. The SMILES string of the molecule is O[C@@H]1CCC[C@]12CCCN(Cc1csc(-c3ccc(C(F)(F)F)cc3)n1)C2. The van der Waals surface area contributed by atoms with Crippen LogP contribution in [0.15, 0.2) is 29.6 Å². The van der Waals surface area contributed by atoms with Gasteiger partial charge in [0.05, 0.1) is 17.4 Å². The van der Waals surface area contributed by atoms with E-state index in [1.807, 2.05) is 5.38 Å².